The SMILES string of the molecule is CCCCCCCCCCC(=O)OC[C@H](COP(=O)(O)OC[C@H](O)COP(=O)(O)OC[C@@H](COC(=O)CCCCCCCCC(C)C)OC(=O)CCCCCCCCCCC(C)C)OC(=O)CCCCCCCCCC. The average molecular weight is 1130 g/mol. The zero-order valence-corrected chi connectivity index (χ0v) is 50.3. The second kappa shape index (κ2) is 50.1. The minimum absolute atomic E-state index is 0.103. The number of aliphatic hydroxyl groups is 1. The molecule has 0 bridgehead atoms. The Bertz CT molecular complexity index is 1510. The van der Waals surface area contributed by atoms with Gasteiger partial charge in [-0.05, 0) is 37.5 Å². The minimum Gasteiger partial charge on any atom is -0.462 e. The van der Waals surface area contributed by atoms with Crippen molar-refractivity contribution in [3.05, 3.63) is 0 Å². The van der Waals surface area contributed by atoms with Crippen LogP contribution in [0, 0.1) is 11.8 Å². The Hall–Kier alpha value is -1.94. The highest BCUT2D eigenvalue weighted by atomic mass is 31.2. The summed E-state index contributed by atoms with van der Waals surface area (Å²) in [5.41, 5.74) is 0. The number of aliphatic hydroxyl groups excluding tert-OH is 1. The second-order valence-electron chi connectivity index (χ2n) is 21.6. The fourth-order valence-corrected chi connectivity index (χ4v) is 9.87. The lowest BCUT2D eigenvalue weighted by Crippen LogP contribution is -2.30. The summed E-state index contributed by atoms with van der Waals surface area (Å²) in [4.78, 5) is 71.7. The van der Waals surface area contributed by atoms with Gasteiger partial charge in [0.15, 0.2) is 12.2 Å². The van der Waals surface area contributed by atoms with Gasteiger partial charge in [-0.3, -0.25) is 37.3 Å². The molecular weight excluding hydrogens is 1020 g/mol. The van der Waals surface area contributed by atoms with Gasteiger partial charge in [-0.2, -0.15) is 0 Å². The van der Waals surface area contributed by atoms with E-state index >= 15 is 0 Å². The van der Waals surface area contributed by atoms with Crippen molar-refractivity contribution in [2.24, 2.45) is 11.8 Å². The fourth-order valence-electron chi connectivity index (χ4n) is 8.29. The Morgan fingerprint density at radius 3 is 0.895 bits per heavy atom. The van der Waals surface area contributed by atoms with Crippen molar-refractivity contribution in [3.8, 4) is 0 Å². The molecule has 17 nitrogen and oxygen atoms in total. The van der Waals surface area contributed by atoms with E-state index in [2.05, 4.69) is 41.5 Å². The summed E-state index contributed by atoms with van der Waals surface area (Å²) in [5, 5.41) is 10.5. The largest absolute Gasteiger partial charge is 0.472 e. The molecule has 450 valence electrons. The maximum atomic E-state index is 12.9. The molecule has 0 aromatic rings. The van der Waals surface area contributed by atoms with E-state index in [-0.39, 0.29) is 25.7 Å². The summed E-state index contributed by atoms with van der Waals surface area (Å²) in [5.74, 6) is -0.754. The first-order chi connectivity index (χ1) is 36.4. The number of carbonyl (C=O) groups excluding carboxylic acids is 4. The van der Waals surface area contributed by atoms with Crippen LogP contribution in [0.1, 0.15) is 273 Å². The van der Waals surface area contributed by atoms with Crippen molar-refractivity contribution in [1.29, 1.82) is 0 Å². The van der Waals surface area contributed by atoms with Crippen molar-refractivity contribution in [1.82, 2.24) is 0 Å². The standard InChI is InChI=1S/C57H110O17P2/c1-7-9-11-13-15-20-27-33-39-54(59)67-45-52(73-56(61)41-35-29-21-16-14-12-10-8-2)47-71-75(63,64)69-43-51(58)44-70-76(65,66)72-48-53(46-68-55(60)40-34-28-24-23-26-32-38-50(5)6)74-57(62)42-36-30-22-18-17-19-25-31-37-49(3)4/h49-53,58H,7-48H2,1-6H3,(H,63,64)(H,65,66)/t51-,52+,53+/m0/s1. The van der Waals surface area contributed by atoms with Crippen molar-refractivity contribution >= 4 is 39.5 Å². The van der Waals surface area contributed by atoms with Gasteiger partial charge >= 0.3 is 39.5 Å². The third-order valence-electron chi connectivity index (χ3n) is 13.0. The molecule has 5 atom stereocenters. The zero-order valence-electron chi connectivity index (χ0n) is 48.5. The van der Waals surface area contributed by atoms with E-state index in [0.717, 1.165) is 115 Å². The van der Waals surface area contributed by atoms with Gasteiger partial charge in [0.2, 0.25) is 0 Å². The van der Waals surface area contributed by atoms with E-state index in [1.165, 1.54) is 70.6 Å². The van der Waals surface area contributed by atoms with Crippen molar-refractivity contribution in [2.75, 3.05) is 39.6 Å². The number of rotatable bonds is 56. The number of phosphoric ester groups is 2. The highest BCUT2D eigenvalue weighted by molar-refractivity contribution is 7.47. The summed E-state index contributed by atoms with van der Waals surface area (Å²) in [7, 11) is -9.87. The summed E-state index contributed by atoms with van der Waals surface area (Å²) in [6.07, 6.45) is 29.6. The van der Waals surface area contributed by atoms with Crippen LogP contribution in [0.5, 0.6) is 0 Å². The number of phosphoric acid groups is 2. The lowest BCUT2D eigenvalue weighted by Gasteiger charge is -2.21. The molecule has 0 heterocycles. The first-order valence-electron chi connectivity index (χ1n) is 30.0. The summed E-state index contributed by atoms with van der Waals surface area (Å²) < 4.78 is 67.5. The second-order valence-corrected chi connectivity index (χ2v) is 24.5. The predicted octanol–water partition coefficient (Wildman–Crippen LogP) is 14.9. The van der Waals surface area contributed by atoms with E-state index in [9.17, 15) is 43.2 Å². The summed E-state index contributed by atoms with van der Waals surface area (Å²) >= 11 is 0. The summed E-state index contributed by atoms with van der Waals surface area (Å²) in [6, 6.07) is 0. The molecule has 0 aliphatic heterocycles. The van der Waals surface area contributed by atoms with Crippen LogP contribution in [0.15, 0.2) is 0 Å². The predicted molar refractivity (Wildman–Crippen MR) is 298 cm³/mol. The molecule has 2 unspecified atom stereocenters. The molecule has 0 spiro atoms. The Kier molecular flexibility index (Phi) is 48.8. The number of ether oxygens (including phenoxy) is 4. The van der Waals surface area contributed by atoms with Crippen molar-refractivity contribution in [3.63, 3.8) is 0 Å². The normalized spacial score (nSPS) is 14.5. The molecule has 0 radical (unpaired) electrons. The fraction of sp³-hybridized carbons (Fsp3) is 0.930. The Morgan fingerprint density at radius 2 is 0.605 bits per heavy atom. The van der Waals surface area contributed by atoms with E-state index in [4.69, 9.17) is 37.0 Å². The molecular formula is C57H110O17P2. The van der Waals surface area contributed by atoms with Gasteiger partial charge in [0, 0.05) is 25.7 Å². The molecule has 0 amide bonds. The van der Waals surface area contributed by atoms with Gasteiger partial charge in [-0.15, -0.1) is 0 Å². The molecule has 0 saturated carbocycles. The van der Waals surface area contributed by atoms with Gasteiger partial charge < -0.3 is 33.8 Å². The Balaban J connectivity index is 5.22. The van der Waals surface area contributed by atoms with Crippen LogP contribution >= 0.6 is 15.6 Å². The zero-order chi connectivity index (χ0) is 56.6. The average Bonchev–Trinajstić information content (AvgIpc) is 3.37. The van der Waals surface area contributed by atoms with E-state index < -0.39 is 97.5 Å². The molecule has 0 aromatic carbocycles. The van der Waals surface area contributed by atoms with E-state index in [1.807, 2.05) is 0 Å². The molecule has 0 aromatic heterocycles. The third kappa shape index (κ3) is 51.5. The Morgan fingerprint density at radius 1 is 0.355 bits per heavy atom. The lowest BCUT2D eigenvalue weighted by molar-refractivity contribution is -0.161. The highest BCUT2D eigenvalue weighted by Crippen LogP contribution is 2.45. The molecule has 0 aliphatic carbocycles. The van der Waals surface area contributed by atoms with Gasteiger partial charge in [-0.25, -0.2) is 9.13 Å². The van der Waals surface area contributed by atoms with Crippen LogP contribution in [0.25, 0.3) is 0 Å². The molecule has 76 heavy (non-hydrogen) atoms. The van der Waals surface area contributed by atoms with Crippen LogP contribution < -0.4 is 0 Å². The number of carbonyl (C=O) groups is 4. The Labute approximate surface area is 460 Å². The minimum atomic E-state index is -4.93. The van der Waals surface area contributed by atoms with Gasteiger partial charge in [0.05, 0.1) is 26.4 Å². The van der Waals surface area contributed by atoms with Crippen LogP contribution in [-0.4, -0.2) is 96.7 Å². The number of esters is 4. The van der Waals surface area contributed by atoms with Gasteiger partial charge in [0.25, 0.3) is 0 Å². The molecule has 0 aliphatic rings. The van der Waals surface area contributed by atoms with E-state index in [0.29, 0.717) is 31.6 Å². The maximum Gasteiger partial charge on any atom is 0.472 e. The summed E-state index contributed by atoms with van der Waals surface area (Å²) in [6.45, 7) is 9.25. The highest BCUT2D eigenvalue weighted by Gasteiger charge is 2.30. The quantitative estimate of drug-likeness (QED) is 0.0222. The van der Waals surface area contributed by atoms with Crippen molar-refractivity contribution in [2.45, 2.75) is 291 Å². The first-order valence-corrected chi connectivity index (χ1v) is 33.0. The molecule has 0 fully saturated rings. The lowest BCUT2D eigenvalue weighted by atomic mass is 10.0. The van der Waals surface area contributed by atoms with Crippen LogP contribution in [0.2, 0.25) is 0 Å². The first kappa shape index (κ1) is 74.1. The monoisotopic (exact) mass is 1130 g/mol. The van der Waals surface area contributed by atoms with Crippen molar-refractivity contribution < 1.29 is 80.2 Å². The molecule has 0 rings (SSSR count). The van der Waals surface area contributed by atoms with Crippen LogP contribution in [0.3, 0.4) is 0 Å². The van der Waals surface area contributed by atoms with Gasteiger partial charge in [0.1, 0.15) is 19.3 Å². The molecule has 0 saturated heterocycles. The van der Waals surface area contributed by atoms with Gasteiger partial charge in [-0.1, -0.05) is 221 Å². The smallest absolute Gasteiger partial charge is 0.462 e. The number of unbranched alkanes of at least 4 members (excludes halogenated alkanes) is 26. The topological polar surface area (TPSA) is 237 Å². The van der Waals surface area contributed by atoms with E-state index in [1.54, 1.807) is 0 Å². The molecule has 19 heteroatoms. The van der Waals surface area contributed by atoms with Crippen LogP contribution in [-0.2, 0) is 65.4 Å². The molecule has 3 N–H and O–H groups in total. The number of hydrogen-bond donors (Lipinski definition) is 3. The maximum absolute atomic E-state index is 12.9. The third-order valence-corrected chi connectivity index (χ3v) is 14.9. The van der Waals surface area contributed by atoms with Crippen LogP contribution in [0.4, 0.5) is 0 Å². The number of hydrogen-bond acceptors (Lipinski definition) is 15.